The van der Waals surface area contributed by atoms with E-state index in [0.717, 1.165) is 35.8 Å². The van der Waals surface area contributed by atoms with Gasteiger partial charge in [0.25, 0.3) is 5.91 Å². The summed E-state index contributed by atoms with van der Waals surface area (Å²) < 4.78 is 2.27. The van der Waals surface area contributed by atoms with E-state index in [9.17, 15) is 4.79 Å². The van der Waals surface area contributed by atoms with Crippen molar-refractivity contribution in [2.24, 2.45) is 5.73 Å². The molecule has 0 bridgehead atoms. The average Bonchev–Trinajstić information content (AvgIpc) is 3.11. The van der Waals surface area contributed by atoms with Crippen LogP contribution in [0.15, 0.2) is 42.5 Å². The molecule has 1 aliphatic carbocycles. The number of carbonyl (C=O) groups is 1. The maximum absolute atomic E-state index is 12.3. The Morgan fingerprint density at radius 2 is 1.68 bits per heavy atom. The molecule has 1 heterocycles. The van der Waals surface area contributed by atoms with Crippen molar-refractivity contribution in [2.75, 3.05) is 0 Å². The summed E-state index contributed by atoms with van der Waals surface area (Å²) >= 11 is 6.22. The van der Waals surface area contributed by atoms with Gasteiger partial charge in [-0.25, -0.2) is 0 Å². The zero-order chi connectivity index (χ0) is 24.8. The molecule has 1 amide bonds. The van der Waals surface area contributed by atoms with Crippen LogP contribution in [-0.4, -0.2) is 10.5 Å². The van der Waals surface area contributed by atoms with Crippen LogP contribution in [0.4, 0.5) is 0 Å². The number of nitrogens with two attached hydrogens (primary N) is 1. The highest BCUT2D eigenvalue weighted by molar-refractivity contribution is 6.30. The normalized spacial score (nSPS) is 16.3. The molecule has 0 fully saturated rings. The highest BCUT2D eigenvalue weighted by Crippen LogP contribution is 2.48. The number of primary amides is 1. The van der Waals surface area contributed by atoms with Crippen LogP contribution in [0.5, 0.6) is 0 Å². The first-order valence-electron chi connectivity index (χ1n) is 12.4. The number of aromatic nitrogens is 1. The van der Waals surface area contributed by atoms with Gasteiger partial charge in [-0.15, -0.1) is 0 Å². The van der Waals surface area contributed by atoms with Crippen LogP contribution in [0.2, 0.25) is 5.02 Å². The van der Waals surface area contributed by atoms with Gasteiger partial charge in [0, 0.05) is 28.5 Å². The average molecular weight is 477 g/mol. The summed E-state index contributed by atoms with van der Waals surface area (Å²) in [5.74, 6) is -0.377. The molecule has 0 saturated heterocycles. The molecule has 2 N–H and O–H groups in total. The number of carbonyl (C=O) groups excluding carboxylic acids is 1. The number of halogens is 1. The van der Waals surface area contributed by atoms with Gasteiger partial charge in [0.15, 0.2) is 0 Å². The second-order valence-electron chi connectivity index (χ2n) is 11.1. The van der Waals surface area contributed by atoms with Gasteiger partial charge in [0.05, 0.1) is 5.56 Å². The summed E-state index contributed by atoms with van der Waals surface area (Å²) in [6.45, 7) is 14.4. The first-order chi connectivity index (χ1) is 15.9. The van der Waals surface area contributed by atoms with Crippen molar-refractivity contribution in [1.29, 1.82) is 0 Å². The molecule has 1 aliphatic rings. The van der Waals surface area contributed by atoms with Crippen molar-refractivity contribution >= 4 is 17.5 Å². The van der Waals surface area contributed by atoms with Gasteiger partial charge in [-0.3, -0.25) is 4.79 Å². The number of hydrogen-bond donors (Lipinski definition) is 1. The molecule has 2 aromatic carbocycles. The van der Waals surface area contributed by atoms with Gasteiger partial charge in [-0.05, 0) is 90.0 Å². The van der Waals surface area contributed by atoms with Crippen molar-refractivity contribution in [3.05, 3.63) is 81.0 Å². The van der Waals surface area contributed by atoms with Crippen molar-refractivity contribution in [3.63, 3.8) is 0 Å². The highest BCUT2D eigenvalue weighted by Gasteiger charge is 2.38. The lowest BCUT2D eigenvalue weighted by Gasteiger charge is -2.42. The number of benzene rings is 2. The Labute approximate surface area is 209 Å². The van der Waals surface area contributed by atoms with Gasteiger partial charge >= 0.3 is 0 Å². The standard InChI is InChI=1S/C30H37ClN2O/c1-7-21-16-25-26(30(5,6)13-12-29(25,3)4)17-24(21)27-18-23(28(32)34)19(2)33(27)14-11-20-9-8-10-22(31)15-20/h8-10,15-18H,7,11-14H2,1-6H3,(H2,32,34). The van der Waals surface area contributed by atoms with E-state index in [1.165, 1.54) is 40.7 Å². The third-order valence-corrected chi connectivity index (χ3v) is 8.11. The van der Waals surface area contributed by atoms with Gasteiger partial charge in [0.1, 0.15) is 0 Å². The van der Waals surface area contributed by atoms with E-state index in [4.69, 9.17) is 17.3 Å². The predicted octanol–water partition coefficient (Wildman–Crippen LogP) is 7.37. The van der Waals surface area contributed by atoms with Crippen molar-refractivity contribution in [3.8, 4) is 11.3 Å². The van der Waals surface area contributed by atoms with E-state index in [-0.39, 0.29) is 16.7 Å². The summed E-state index contributed by atoms with van der Waals surface area (Å²) in [5, 5.41) is 0.743. The van der Waals surface area contributed by atoms with Crippen LogP contribution in [0.25, 0.3) is 11.3 Å². The zero-order valence-corrected chi connectivity index (χ0v) is 22.1. The lowest BCUT2D eigenvalue weighted by atomic mass is 9.62. The molecule has 0 unspecified atom stereocenters. The lowest BCUT2D eigenvalue weighted by molar-refractivity contribution is 0.0999. The van der Waals surface area contributed by atoms with Crippen LogP contribution in [-0.2, 0) is 30.2 Å². The number of amides is 1. The van der Waals surface area contributed by atoms with E-state index in [1.54, 1.807) is 0 Å². The van der Waals surface area contributed by atoms with Crippen LogP contribution < -0.4 is 5.73 Å². The molecule has 0 saturated carbocycles. The molecular formula is C30H37ClN2O. The fourth-order valence-electron chi connectivity index (χ4n) is 5.53. The Bertz CT molecular complexity index is 1250. The smallest absolute Gasteiger partial charge is 0.250 e. The maximum atomic E-state index is 12.3. The second kappa shape index (κ2) is 8.92. The monoisotopic (exact) mass is 476 g/mol. The quantitative estimate of drug-likeness (QED) is 0.396. The van der Waals surface area contributed by atoms with Gasteiger partial charge in [-0.1, -0.05) is 64.4 Å². The highest BCUT2D eigenvalue weighted by atomic mass is 35.5. The number of fused-ring (bicyclic) bond motifs is 1. The molecule has 3 nitrogen and oxygen atoms in total. The third kappa shape index (κ3) is 4.43. The predicted molar refractivity (Wildman–Crippen MR) is 143 cm³/mol. The fraction of sp³-hybridized carbons (Fsp3) is 0.433. The minimum atomic E-state index is -0.377. The first kappa shape index (κ1) is 24.6. The van der Waals surface area contributed by atoms with Crippen LogP contribution in [0, 0.1) is 6.92 Å². The molecule has 0 radical (unpaired) electrons. The Hall–Kier alpha value is -2.52. The topological polar surface area (TPSA) is 48.0 Å². The molecule has 0 atom stereocenters. The van der Waals surface area contributed by atoms with Crippen LogP contribution in [0.1, 0.15) is 85.8 Å². The van der Waals surface area contributed by atoms with E-state index >= 15 is 0 Å². The van der Waals surface area contributed by atoms with Crippen molar-refractivity contribution < 1.29 is 4.79 Å². The van der Waals surface area contributed by atoms with Gasteiger partial charge in [-0.2, -0.15) is 0 Å². The SMILES string of the molecule is CCc1cc2c(cc1-c1cc(C(N)=O)c(C)n1CCc1cccc(Cl)c1)C(C)(C)CCC2(C)C. The van der Waals surface area contributed by atoms with Gasteiger partial charge < -0.3 is 10.3 Å². The third-order valence-electron chi connectivity index (χ3n) is 7.88. The largest absolute Gasteiger partial charge is 0.366 e. The summed E-state index contributed by atoms with van der Waals surface area (Å²) in [4.78, 5) is 12.3. The van der Waals surface area contributed by atoms with Crippen LogP contribution in [0.3, 0.4) is 0 Å². The molecule has 180 valence electrons. The number of nitrogens with zero attached hydrogens (tertiary/aromatic N) is 1. The lowest BCUT2D eigenvalue weighted by Crippen LogP contribution is -2.34. The minimum absolute atomic E-state index is 0.117. The Morgan fingerprint density at radius 1 is 1.03 bits per heavy atom. The number of hydrogen-bond acceptors (Lipinski definition) is 1. The van der Waals surface area contributed by atoms with Crippen molar-refractivity contribution in [2.45, 2.75) is 84.6 Å². The van der Waals surface area contributed by atoms with E-state index in [2.05, 4.69) is 57.4 Å². The molecule has 0 aliphatic heterocycles. The Morgan fingerprint density at radius 3 is 2.26 bits per heavy atom. The summed E-state index contributed by atoms with van der Waals surface area (Å²) in [6.07, 6.45) is 4.12. The molecule has 4 rings (SSSR count). The number of rotatable bonds is 6. The fourth-order valence-corrected chi connectivity index (χ4v) is 5.74. The summed E-state index contributed by atoms with van der Waals surface area (Å²) in [6, 6.07) is 14.8. The first-order valence-corrected chi connectivity index (χ1v) is 12.7. The summed E-state index contributed by atoms with van der Waals surface area (Å²) in [7, 11) is 0. The van der Waals surface area contributed by atoms with Gasteiger partial charge in [0.2, 0.25) is 0 Å². The van der Waals surface area contributed by atoms with Crippen molar-refractivity contribution in [1.82, 2.24) is 4.57 Å². The maximum Gasteiger partial charge on any atom is 0.250 e. The number of aryl methyl sites for hydroxylation is 2. The summed E-state index contributed by atoms with van der Waals surface area (Å²) in [5.41, 5.74) is 15.3. The Balaban J connectivity index is 1.88. The zero-order valence-electron chi connectivity index (χ0n) is 21.4. The van der Waals surface area contributed by atoms with Crippen LogP contribution >= 0.6 is 11.6 Å². The second-order valence-corrected chi connectivity index (χ2v) is 11.5. The molecule has 1 aromatic heterocycles. The van der Waals surface area contributed by atoms with E-state index in [0.29, 0.717) is 5.56 Å². The Kier molecular flexibility index (Phi) is 6.46. The molecule has 0 spiro atoms. The van der Waals surface area contributed by atoms with E-state index in [1.807, 2.05) is 31.2 Å². The molecular weight excluding hydrogens is 440 g/mol. The molecule has 34 heavy (non-hydrogen) atoms. The minimum Gasteiger partial charge on any atom is -0.366 e. The molecule has 3 aromatic rings. The van der Waals surface area contributed by atoms with E-state index < -0.39 is 0 Å². The molecule has 4 heteroatoms.